The van der Waals surface area contributed by atoms with E-state index in [1.807, 2.05) is 11.9 Å². The van der Waals surface area contributed by atoms with Gasteiger partial charge in [0.15, 0.2) is 0 Å². The number of nitrogens with zero attached hydrogens (tertiary/aromatic N) is 2. The summed E-state index contributed by atoms with van der Waals surface area (Å²) < 4.78 is 11.1. The number of ether oxygens (including phenoxy) is 1. The van der Waals surface area contributed by atoms with Gasteiger partial charge in [-0.05, 0) is 18.8 Å². The molecule has 2 rings (SSSR count). The largest absolute Gasteiger partial charge is 0.432 e. The molecule has 1 fully saturated rings. The lowest BCUT2D eigenvalue weighted by Crippen LogP contribution is -2.24. The Balaban J connectivity index is 1.67. The molecule has 0 unspecified atom stereocenters. The zero-order valence-electron chi connectivity index (χ0n) is 12.2. The van der Waals surface area contributed by atoms with Crippen molar-refractivity contribution in [3.05, 3.63) is 12.0 Å². The molecular weight excluding hydrogens is 242 g/mol. The first-order chi connectivity index (χ1) is 9.15. The summed E-state index contributed by atoms with van der Waals surface area (Å²) in [6, 6.07) is 1.12. The Hall–Kier alpha value is -1.07. The van der Waals surface area contributed by atoms with Crippen molar-refractivity contribution >= 4 is 6.01 Å². The zero-order valence-corrected chi connectivity index (χ0v) is 12.2. The van der Waals surface area contributed by atoms with Crippen LogP contribution < -0.4 is 10.2 Å². The molecule has 1 aliphatic rings. The first kappa shape index (κ1) is 14.3. The summed E-state index contributed by atoms with van der Waals surface area (Å²) in [6.45, 7) is 7.42. The molecule has 1 aromatic heterocycles. The van der Waals surface area contributed by atoms with E-state index < -0.39 is 0 Å². The molecule has 0 spiro atoms. The van der Waals surface area contributed by atoms with Gasteiger partial charge in [0.1, 0.15) is 6.26 Å². The second-order valence-corrected chi connectivity index (χ2v) is 5.60. The third kappa shape index (κ3) is 5.20. The summed E-state index contributed by atoms with van der Waals surface area (Å²) in [5.74, 6) is 0.820. The van der Waals surface area contributed by atoms with E-state index in [0.717, 1.165) is 37.9 Å². The number of aromatic nitrogens is 1. The van der Waals surface area contributed by atoms with Crippen LogP contribution in [0, 0.1) is 5.92 Å². The molecule has 0 atom stereocenters. The van der Waals surface area contributed by atoms with Gasteiger partial charge in [0.2, 0.25) is 0 Å². The molecule has 0 amide bonds. The molecule has 1 heterocycles. The van der Waals surface area contributed by atoms with Crippen LogP contribution in [0.5, 0.6) is 0 Å². The molecule has 0 aliphatic heterocycles. The summed E-state index contributed by atoms with van der Waals surface area (Å²) in [5.41, 5.74) is 0.939. The number of hydrogen-bond donors (Lipinski definition) is 1. The minimum Gasteiger partial charge on any atom is -0.432 e. The first-order valence-electron chi connectivity index (χ1n) is 7.12. The van der Waals surface area contributed by atoms with Gasteiger partial charge < -0.3 is 19.4 Å². The number of hydrogen-bond acceptors (Lipinski definition) is 5. The quantitative estimate of drug-likeness (QED) is 0.694. The average Bonchev–Trinajstić information content (AvgIpc) is 3.07. The van der Waals surface area contributed by atoms with E-state index >= 15 is 0 Å². The predicted octanol–water partition coefficient (Wildman–Crippen LogP) is 2.04. The molecule has 19 heavy (non-hydrogen) atoms. The number of anilines is 1. The van der Waals surface area contributed by atoms with Crippen LogP contribution in [0.1, 0.15) is 32.4 Å². The lowest BCUT2D eigenvalue weighted by atomic mass is 10.4. The van der Waals surface area contributed by atoms with E-state index in [0.29, 0.717) is 12.1 Å². The molecule has 5 nitrogen and oxygen atoms in total. The highest BCUT2D eigenvalue weighted by molar-refractivity contribution is 5.25. The van der Waals surface area contributed by atoms with Gasteiger partial charge in [-0.15, -0.1) is 0 Å². The molecule has 0 saturated heterocycles. The fraction of sp³-hybridized carbons (Fsp3) is 0.786. The summed E-state index contributed by atoms with van der Waals surface area (Å²) in [6.07, 6.45) is 4.38. The van der Waals surface area contributed by atoms with Gasteiger partial charge in [-0.1, -0.05) is 13.8 Å². The lowest BCUT2D eigenvalue weighted by Gasteiger charge is -2.14. The summed E-state index contributed by atoms with van der Waals surface area (Å²) in [7, 11) is 1.98. The molecule has 0 radical (unpaired) electrons. The molecule has 0 aromatic carbocycles. The highest BCUT2D eigenvalue weighted by Crippen LogP contribution is 2.28. The van der Waals surface area contributed by atoms with Crippen LogP contribution in [-0.2, 0) is 11.3 Å². The third-order valence-corrected chi connectivity index (χ3v) is 3.18. The lowest BCUT2D eigenvalue weighted by molar-refractivity contribution is 0.130. The van der Waals surface area contributed by atoms with Gasteiger partial charge >= 0.3 is 0 Å². The van der Waals surface area contributed by atoms with Crippen molar-refractivity contribution in [2.24, 2.45) is 5.92 Å². The van der Waals surface area contributed by atoms with Crippen LogP contribution >= 0.6 is 0 Å². The Kier molecular flexibility index (Phi) is 5.22. The Bertz CT molecular complexity index is 375. The van der Waals surface area contributed by atoms with Gasteiger partial charge in [-0.2, -0.15) is 4.98 Å². The molecule has 1 N–H and O–H groups in total. The van der Waals surface area contributed by atoms with E-state index in [1.54, 1.807) is 6.26 Å². The van der Waals surface area contributed by atoms with Crippen molar-refractivity contribution in [2.45, 2.75) is 39.3 Å². The zero-order chi connectivity index (χ0) is 13.7. The normalized spacial score (nSPS) is 15.2. The van der Waals surface area contributed by atoms with Crippen LogP contribution in [0.25, 0.3) is 0 Å². The summed E-state index contributed by atoms with van der Waals surface area (Å²) >= 11 is 0. The second-order valence-electron chi connectivity index (χ2n) is 5.60. The predicted molar refractivity (Wildman–Crippen MR) is 75.3 cm³/mol. The molecule has 1 aliphatic carbocycles. The Labute approximate surface area is 115 Å². The standard InChI is InChI=1S/C14H25N3O2/c1-11(2)15-8-13-10-19-14(16-13)17(3)6-7-18-9-12-4-5-12/h10-12,15H,4-9H2,1-3H3. The molecule has 0 bridgehead atoms. The SMILES string of the molecule is CC(C)NCc1coc(N(C)CCOCC2CC2)n1. The molecular formula is C14H25N3O2. The average molecular weight is 267 g/mol. The second kappa shape index (κ2) is 6.91. The van der Waals surface area contributed by atoms with Crippen LogP contribution in [0.2, 0.25) is 0 Å². The van der Waals surface area contributed by atoms with Crippen LogP contribution in [0.4, 0.5) is 6.01 Å². The number of nitrogens with one attached hydrogen (secondary N) is 1. The van der Waals surface area contributed by atoms with Gasteiger partial charge in [0, 0.05) is 32.8 Å². The van der Waals surface area contributed by atoms with Crippen molar-refractivity contribution < 1.29 is 9.15 Å². The number of oxazole rings is 1. The fourth-order valence-electron chi connectivity index (χ4n) is 1.69. The topological polar surface area (TPSA) is 50.5 Å². The number of rotatable bonds is 9. The molecule has 1 aromatic rings. The maximum absolute atomic E-state index is 5.61. The first-order valence-corrected chi connectivity index (χ1v) is 7.12. The Morgan fingerprint density at radius 2 is 2.32 bits per heavy atom. The van der Waals surface area contributed by atoms with Crippen molar-refractivity contribution in [3.63, 3.8) is 0 Å². The molecule has 108 valence electrons. The van der Waals surface area contributed by atoms with E-state index in [-0.39, 0.29) is 0 Å². The van der Waals surface area contributed by atoms with Crippen molar-refractivity contribution in [2.75, 3.05) is 31.7 Å². The summed E-state index contributed by atoms with van der Waals surface area (Å²) in [4.78, 5) is 6.44. The Morgan fingerprint density at radius 1 is 1.53 bits per heavy atom. The molecule has 5 heteroatoms. The van der Waals surface area contributed by atoms with Crippen LogP contribution in [0.15, 0.2) is 10.7 Å². The number of likely N-dealkylation sites (N-methyl/N-ethyl adjacent to an activating group) is 1. The van der Waals surface area contributed by atoms with E-state index in [2.05, 4.69) is 24.1 Å². The van der Waals surface area contributed by atoms with Gasteiger partial charge in [-0.3, -0.25) is 0 Å². The fourth-order valence-corrected chi connectivity index (χ4v) is 1.69. The van der Waals surface area contributed by atoms with Crippen molar-refractivity contribution in [1.29, 1.82) is 0 Å². The monoisotopic (exact) mass is 267 g/mol. The highest BCUT2D eigenvalue weighted by Gasteiger charge is 2.21. The van der Waals surface area contributed by atoms with E-state index in [1.165, 1.54) is 12.8 Å². The van der Waals surface area contributed by atoms with Gasteiger partial charge in [-0.25, -0.2) is 0 Å². The van der Waals surface area contributed by atoms with Gasteiger partial charge in [0.25, 0.3) is 6.01 Å². The minimum atomic E-state index is 0.453. The third-order valence-electron chi connectivity index (χ3n) is 3.18. The van der Waals surface area contributed by atoms with Crippen LogP contribution in [-0.4, -0.2) is 37.8 Å². The minimum absolute atomic E-state index is 0.453. The van der Waals surface area contributed by atoms with Crippen molar-refractivity contribution in [1.82, 2.24) is 10.3 Å². The maximum Gasteiger partial charge on any atom is 0.297 e. The van der Waals surface area contributed by atoms with Gasteiger partial charge in [0.05, 0.1) is 12.3 Å². The van der Waals surface area contributed by atoms with Crippen molar-refractivity contribution in [3.8, 4) is 0 Å². The highest BCUT2D eigenvalue weighted by atomic mass is 16.5. The van der Waals surface area contributed by atoms with E-state index in [9.17, 15) is 0 Å². The van der Waals surface area contributed by atoms with Crippen LogP contribution in [0.3, 0.4) is 0 Å². The molecule has 1 saturated carbocycles. The van der Waals surface area contributed by atoms with E-state index in [4.69, 9.17) is 9.15 Å². The maximum atomic E-state index is 5.61. The Morgan fingerprint density at radius 3 is 3.00 bits per heavy atom. The smallest absolute Gasteiger partial charge is 0.297 e. The summed E-state index contributed by atoms with van der Waals surface area (Å²) in [5, 5.41) is 3.32.